The van der Waals surface area contributed by atoms with Gasteiger partial charge in [0.1, 0.15) is 0 Å². The van der Waals surface area contributed by atoms with Gasteiger partial charge in [0.2, 0.25) is 5.91 Å². The van der Waals surface area contributed by atoms with Crippen molar-refractivity contribution < 1.29 is 14.7 Å². The summed E-state index contributed by atoms with van der Waals surface area (Å²) >= 11 is 0. The lowest BCUT2D eigenvalue weighted by Crippen LogP contribution is -2.35. The van der Waals surface area contributed by atoms with E-state index in [9.17, 15) is 9.59 Å². The van der Waals surface area contributed by atoms with E-state index in [-0.39, 0.29) is 12.5 Å². The van der Waals surface area contributed by atoms with Gasteiger partial charge in [-0.1, -0.05) is 42.8 Å². The van der Waals surface area contributed by atoms with E-state index in [1.807, 2.05) is 44.2 Å². The molecule has 0 bridgehead atoms. The quantitative estimate of drug-likeness (QED) is 0.812. The molecule has 1 N–H and O–H groups in total. The molecule has 0 spiro atoms. The van der Waals surface area contributed by atoms with Crippen LogP contribution < -0.4 is 0 Å². The predicted molar refractivity (Wildman–Crippen MR) is 78.1 cm³/mol. The van der Waals surface area contributed by atoms with Crippen LogP contribution in [0.5, 0.6) is 0 Å². The third-order valence-corrected chi connectivity index (χ3v) is 2.86. The van der Waals surface area contributed by atoms with Gasteiger partial charge in [0.05, 0.1) is 5.92 Å². The van der Waals surface area contributed by atoms with Crippen LogP contribution >= 0.6 is 0 Å². The average Bonchev–Trinajstić information content (AvgIpc) is 2.38. The molecule has 1 aromatic carbocycles. The van der Waals surface area contributed by atoms with Gasteiger partial charge in [-0.25, -0.2) is 0 Å². The average molecular weight is 275 g/mol. The lowest BCUT2D eigenvalue weighted by molar-refractivity contribution is -0.142. The van der Waals surface area contributed by atoms with E-state index in [1.165, 1.54) is 6.08 Å². The molecule has 0 aromatic heterocycles. The van der Waals surface area contributed by atoms with Crippen LogP contribution in [-0.2, 0) is 16.1 Å². The van der Waals surface area contributed by atoms with E-state index in [2.05, 4.69) is 0 Å². The summed E-state index contributed by atoms with van der Waals surface area (Å²) in [6, 6.07) is 9.56. The highest BCUT2D eigenvalue weighted by Crippen LogP contribution is 2.09. The Kier molecular flexibility index (Phi) is 5.97. The van der Waals surface area contributed by atoms with E-state index in [4.69, 9.17) is 5.11 Å². The van der Waals surface area contributed by atoms with Crippen LogP contribution in [0.15, 0.2) is 42.0 Å². The monoisotopic (exact) mass is 275 g/mol. The number of allylic oxidation sites excluding steroid dienone is 1. The second kappa shape index (κ2) is 7.48. The van der Waals surface area contributed by atoms with Gasteiger partial charge in [0.15, 0.2) is 0 Å². The molecule has 1 rings (SSSR count). The number of hydrogen-bond donors (Lipinski definition) is 1. The lowest BCUT2D eigenvalue weighted by Gasteiger charge is -2.23. The van der Waals surface area contributed by atoms with E-state index in [0.717, 1.165) is 11.1 Å². The highest BCUT2D eigenvalue weighted by molar-refractivity contribution is 5.88. The third-order valence-electron chi connectivity index (χ3n) is 2.86. The van der Waals surface area contributed by atoms with E-state index >= 15 is 0 Å². The molecule has 20 heavy (non-hydrogen) atoms. The molecule has 0 saturated heterocycles. The number of rotatable bonds is 6. The Balaban J connectivity index is 2.86. The number of carboxylic acids is 1. The molecule has 0 aliphatic heterocycles. The van der Waals surface area contributed by atoms with Gasteiger partial charge in [0, 0.05) is 19.2 Å². The number of amides is 1. The fourth-order valence-electron chi connectivity index (χ4n) is 1.78. The Morgan fingerprint density at radius 1 is 1.25 bits per heavy atom. The van der Waals surface area contributed by atoms with Crippen molar-refractivity contribution in [1.29, 1.82) is 0 Å². The molecule has 1 unspecified atom stereocenters. The highest BCUT2D eigenvalue weighted by Gasteiger charge is 2.19. The molecule has 4 heteroatoms. The number of carboxylic acid groups (broad SMARTS) is 1. The Hall–Kier alpha value is -2.10. The van der Waals surface area contributed by atoms with Crippen LogP contribution in [0.4, 0.5) is 0 Å². The van der Waals surface area contributed by atoms with Crippen LogP contribution in [0.1, 0.15) is 26.3 Å². The molecule has 1 atom stereocenters. The topological polar surface area (TPSA) is 57.6 Å². The number of aliphatic carboxylic acids is 1. The zero-order chi connectivity index (χ0) is 15.1. The first-order valence-corrected chi connectivity index (χ1v) is 6.60. The summed E-state index contributed by atoms with van der Waals surface area (Å²) in [5, 5.41) is 9.01. The van der Waals surface area contributed by atoms with Crippen LogP contribution in [0, 0.1) is 5.92 Å². The minimum absolute atomic E-state index is 0.151. The van der Waals surface area contributed by atoms with Crippen LogP contribution in [0.3, 0.4) is 0 Å². The number of carbonyl (C=O) groups excluding carboxylic acids is 1. The van der Waals surface area contributed by atoms with Crippen molar-refractivity contribution >= 4 is 11.9 Å². The molecule has 0 heterocycles. The minimum Gasteiger partial charge on any atom is -0.481 e. The van der Waals surface area contributed by atoms with Gasteiger partial charge in [0.25, 0.3) is 0 Å². The molecule has 0 aliphatic carbocycles. The zero-order valence-corrected chi connectivity index (χ0v) is 12.2. The Morgan fingerprint density at radius 3 is 2.35 bits per heavy atom. The fourth-order valence-corrected chi connectivity index (χ4v) is 1.78. The van der Waals surface area contributed by atoms with Gasteiger partial charge in [-0.3, -0.25) is 9.59 Å². The molecule has 1 aromatic rings. The number of nitrogens with zero attached hydrogens (tertiary/aromatic N) is 1. The lowest BCUT2D eigenvalue weighted by atomic mass is 10.1. The Bertz CT molecular complexity index is 490. The Labute approximate surface area is 119 Å². The molecule has 0 radical (unpaired) electrons. The van der Waals surface area contributed by atoms with Crippen molar-refractivity contribution in [2.45, 2.75) is 27.3 Å². The van der Waals surface area contributed by atoms with Gasteiger partial charge < -0.3 is 10.0 Å². The second-order valence-corrected chi connectivity index (χ2v) is 5.17. The maximum Gasteiger partial charge on any atom is 0.308 e. The van der Waals surface area contributed by atoms with Crippen molar-refractivity contribution in [3.63, 3.8) is 0 Å². The van der Waals surface area contributed by atoms with Crippen molar-refractivity contribution in [3.05, 3.63) is 47.5 Å². The van der Waals surface area contributed by atoms with Gasteiger partial charge >= 0.3 is 5.97 Å². The minimum atomic E-state index is -0.895. The fraction of sp³-hybridized carbons (Fsp3) is 0.375. The summed E-state index contributed by atoms with van der Waals surface area (Å²) in [5.74, 6) is -1.64. The Morgan fingerprint density at radius 2 is 1.85 bits per heavy atom. The summed E-state index contributed by atoms with van der Waals surface area (Å²) in [4.78, 5) is 24.7. The van der Waals surface area contributed by atoms with Crippen molar-refractivity contribution in [1.82, 2.24) is 4.90 Å². The largest absolute Gasteiger partial charge is 0.481 e. The first-order valence-electron chi connectivity index (χ1n) is 6.60. The molecular weight excluding hydrogens is 254 g/mol. The number of benzene rings is 1. The molecular formula is C16H21NO3. The smallest absolute Gasteiger partial charge is 0.308 e. The maximum atomic E-state index is 12.2. The summed E-state index contributed by atoms with van der Waals surface area (Å²) in [6.45, 7) is 5.92. The summed E-state index contributed by atoms with van der Waals surface area (Å²) in [6.07, 6.45) is 1.54. The van der Waals surface area contributed by atoms with Crippen molar-refractivity contribution in [2.75, 3.05) is 6.54 Å². The maximum absolute atomic E-state index is 12.2. The zero-order valence-electron chi connectivity index (χ0n) is 12.2. The van der Waals surface area contributed by atoms with Gasteiger partial charge in [-0.2, -0.15) is 0 Å². The SMILES string of the molecule is CC(C)=CC(=O)N(Cc1ccccc1)CC(C)C(=O)O. The number of hydrogen-bond acceptors (Lipinski definition) is 2. The normalized spacial score (nSPS) is 11.6. The molecule has 4 nitrogen and oxygen atoms in total. The predicted octanol–water partition coefficient (Wildman–Crippen LogP) is 2.70. The van der Waals surface area contributed by atoms with E-state index in [1.54, 1.807) is 11.8 Å². The standard InChI is InChI=1S/C16H21NO3/c1-12(2)9-15(18)17(10-13(3)16(19)20)11-14-7-5-4-6-8-14/h4-9,13H,10-11H2,1-3H3,(H,19,20). The van der Waals surface area contributed by atoms with Gasteiger partial charge in [-0.05, 0) is 19.4 Å². The van der Waals surface area contributed by atoms with Crippen molar-refractivity contribution in [2.24, 2.45) is 5.92 Å². The molecule has 108 valence electrons. The van der Waals surface area contributed by atoms with Crippen LogP contribution in [-0.4, -0.2) is 28.4 Å². The number of carbonyl (C=O) groups is 2. The summed E-state index contributed by atoms with van der Waals surface area (Å²) in [5.41, 5.74) is 1.89. The van der Waals surface area contributed by atoms with Crippen LogP contribution in [0.2, 0.25) is 0 Å². The first kappa shape index (κ1) is 16.0. The second-order valence-electron chi connectivity index (χ2n) is 5.17. The summed E-state index contributed by atoms with van der Waals surface area (Å²) in [7, 11) is 0. The van der Waals surface area contributed by atoms with Crippen molar-refractivity contribution in [3.8, 4) is 0 Å². The van der Waals surface area contributed by atoms with E-state index < -0.39 is 11.9 Å². The molecule has 0 aliphatic rings. The molecule has 0 saturated carbocycles. The van der Waals surface area contributed by atoms with Crippen LogP contribution in [0.25, 0.3) is 0 Å². The third kappa shape index (κ3) is 5.26. The van der Waals surface area contributed by atoms with Gasteiger partial charge in [-0.15, -0.1) is 0 Å². The van der Waals surface area contributed by atoms with E-state index in [0.29, 0.717) is 6.54 Å². The first-order chi connectivity index (χ1) is 9.40. The summed E-state index contributed by atoms with van der Waals surface area (Å²) < 4.78 is 0. The molecule has 0 fully saturated rings. The highest BCUT2D eigenvalue weighted by atomic mass is 16.4. The molecule has 1 amide bonds.